The predicted molar refractivity (Wildman–Crippen MR) is 66.7 cm³/mol. The van der Waals surface area contributed by atoms with Crippen molar-refractivity contribution in [3.05, 3.63) is 23.5 Å². The quantitative estimate of drug-likeness (QED) is 0.869. The van der Waals surface area contributed by atoms with Gasteiger partial charge in [-0.15, -0.1) is 11.3 Å². The summed E-state index contributed by atoms with van der Waals surface area (Å²) in [7, 11) is 0. The van der Waals surface area contributed by atoms with Crippen LogP contribution >= 0.6 is 11.3 Å². The summed E-state index contributed by atoms with van der Waals surface area (Å²) in [5, 5.41) is 2.07. The zero-order valence-electron chi connectivity index (χ0n) is 9.30. The van der Waals surface area contributed by atoms with Gasteiger partial charge in [-0.05, 0) is 25.2 Å². The van der Waals surface area contributed by atoms with Crippen molar-refractivity contribution in [1.29, 1.82) is 0 Å². The molecule has 2 aromatic rings. The van der Waals surface area contributed by atoms with Crippen LogP contribution in [0.25, 0.3) is 4.96 Å². The minimum Gasteiger partial charge on any atom is -0.327 e. The minimum absolute atomic E-state index is 0.383. The maximum atomic E-state index is 6.16. The molecule has 1 saturated carbocycles. The number of hydrogen-bond acceptors (Lipinski definition) is 3. The summed E-state index contributed by atoms with van der Waals surface area (Å²) in [6.45, 7) is 0. The molecule has 2 aromatic heterocycles. The average Bonchev–Trinajstić information content (AvgIpc) is 2.81. The fraction of sp³-hybridized carbons (Fsp3) is 0.583. The van der Waals surface area contributed by atoms with E-state index in [1.165, 1.54) is 31.4 Å². The Labute approximate surface area is 99.3 Å². The molecule has 2 atom stereocenters. The maximum Gasteiger partial charge on any atom is 0.193 e. The van der Waals surface area contributed by atoms with E-state index in [1.54, 1.807) is 11.3 Å². The zero-order chi connectivity index (χ0) is 11.0. The SMILES string of the molecule is NC1CCCCC1Cc1cn2ccsc2n1. The van der Waals surface area contributed by atoms with Gasteiger partial charge < -0.3 is 5.73 Å². The summed E-state index contributed by atoms with van der Waals surface area (Å²) < 4.78 is 2.11. The summed E-state index contributed by atoms with van der Waals surface area (Å²) >= 11 is 1.69. The highest BCUT2D eigenvalue weighted by Gasteiger charge is 2.22. The first-order valence-corrected chi connectivity index (χ1v) is 6.87. The number of thiazole rings is 1. The lowest BCUT2D eigenvalue weighted by Crippen LogP contribution is -2.34. The Bertz CT molecular complexity index is 445. The normalized spacial score (nSPS) is 26.3. The van der Waals surface area contributed by atoms with E-state index in [2.05, 4.69) is 27.2 Å². The molecule has 2 heterocycles. The van der Waals surface area contributed by atoms with Crippen molar-refractivity contribution in [2.24, 2.45) is 11.7 Å². The van der Waals surface area contributed by atoms with Crippen LogP contribution in [0.1, 0.15) is 31.4 Å². The van der Waals surface area contributed by atoms with E-state index < -0.39 is 0 Å². The molecule has 1 fully saturated rings. The fourth-order valence-electron chi connectivity index (χ4n) is 2.63. The molecule has 86 valence electrons. The molecule has 1 aliphatic carbocycles. The molecular formula is C12H17N3S. The number of fused-ring (bicyclic) bond motifs is 1. The van der Waals surface area contributed by atoms with Crippen LogP contribution in [0.2, 0.25) is 0 Å². The van der Waals surface area contributed by atoms with Crippen molar-refractivity contribution in [2.75, 3.05) is 0 Å². The van der Waals surface area contributed by atoms with Crippen molar-refractivity contribution in [3.63, 3.8) is 0 Å². The minimum atomic E-state index is 0.383. The Morgan fingerprint density at radius 2 is 2.31 bits per heavy atom. The molecule has 2 N–H and O–H groups in total. The van der Waals surface area contributed by atoms with Gasteiger partial charge in [0, 0.05) is 23.8 Å². The van der Waals surface area contributed by atoms with E-state index in [9.17, 15) is 0 Å². The molecular weight excluding hydrogens is 218 g/mol. The molecule has 0 amide bonds. The van der Waals surface area contributed by atoms with Gasteiger partial charge in [-0.3, -0.25) is 4.40 Å². The Morgan fingerprint density at radius 3 is 3.12 bits per heavy atom. The molecule has 0 radical (unpaired) electrons. The molecule has 2 unspecified atom stereocenters. The molecule has 3 rings (SSSR count). The van der Waals surface area contributed by atoms with Gasteiger partial charge in [-0.2, -0.15) is 0 Å². The maximum absolute atomic E-state index is 6.16. The summed E-state index contributed by atoms with van der Waals surface area (Å²) in [4.78, 5) is 5.72. The molecule has 0 aliphatic heterocycles. The molecule has 0 bridgehead atoms. The van der Waals surface area contributed by atoms with Crippen LogP contribution < -0.4 is 5.73 Å². The van der Waals surface area contributed by atoms with Crippen LogP contribution in [-0.2, 0) is 6.42 Å². The van der Waals surface area contributed by atoms with E-state index in [0.717, 1.165) is 11.4 Å². The van der Waals surface area contributed by atoms with Crippen molar-refractivity contribution < 1.29 is 0 Å². The van der Waals surface area contributed by atoms with Gasteiger partial charge >= 0.3 is 0 Å². The topological polar surface area (TPSA) is 43.3 Å². The standard InChI is InChI=1S/C12H17N3S/c13-11-4-2-1-3-9(11)7-10-8-15-5-6-16-12(15)14-10/h5-6,8-9,11H,1-4,7,13H2. The van der Waals surface area contributed by atoms with Crippen molar-refractivity contribution in [3.8, 4) is 0 Å². The van der Waals surface area contributed by atoms with Crippen LogP contribution in [0.4, 0.5) is 0 Å². The third-order valence-corrected chi connectivity index (χ3v) is 4.35. The lowest BCUT2D eigenvalue weighted by Gasteiger charge is -2.27. The van der Waals surface area contributed by atoms with Crippen LogP contribution in [-0.4, -0.2) is 15.4 Å². The first kappa shape index (κ1) is 10.3. The van der Waals surface area contributed by atoms with E-state index in [1.807, 2.05) is 0 Å². The second kappa shape index (κ2) is 4.18. The predicted octanol–water partition coefficient (Wildman–Crippen LogP) is 2.46. The van der Waals surface area contributed by atoms with Gasteiger partial charge in [0.1, 0.15) is 0 Å². The first-order valence-electron chi connectivity index (χ1n) is 5.99. The third-order valence-electron chi connectivity index (χ3n) is 3.58. The molecule has 3 nitrogen and oxygen atoms in total. The summed E-state index contributed by atoms with van der Waals surface area (Å²) in [6, 6.07) is 0.383. The first-order chi connectivity index (χ1) is 7.83. The van der Waals surface area contributed by atoms with Crippen molar-refractivity contribution >= 4 is 16.3 Å². The Morgan fingerprint density at radius 1 is 1.44 bits per heavy atom. The van der Waals surface area contributed by atoms with Crippen LogP contribution in [0, 0.1) is 5.92 Å². The second-order valence-corrected chi connectivity index (χ2v) is 5.61. The van der Waals surface area contributed by atoms with Gasteiger partial charge in [-0.1, -0.05) is 12.8 Å². The molecule has 1 aliphatic rings. The second-order valence-electron chi connectivity index (χ2n) is 4.74. The number of imidazole rings is 1. The van der Waals surface area contributed by atoms with E-state index >= 15 is 0 Å². The monoisotopic (exact) mass is 235 g/mol. The molecule has 0 aromatic carbocycles. The molecule has 4 heteroatoms. The third kappa shape index (κ3) is 1.87. The Kier molecular flexibility index (Phi) is 2.69. The smallest absolute Gasteiger partial charge is 0.193 e. The molecule has 0 saturated heterocycles. The highest BCUT2D eigenvalue weighted by atomic mass is 32.1. The number of nitrogens with two attached hydrogens (primary N) is 1. The van der Waals surface area contributed by atoms with Crippen molar-refractivity contribution in [1.82, 2.24) is 9.38 Å². The lowest BCUT2D eigenvalue weighted by molar-refractivity contribution is 0.305. The van der Waals surface area contributed by atoms with Gasteiger partial charge in [0.15, 0.2) is 4.96 Å². The highest BCUT2D eigenvalue weighted by molar-refractivity contribution is 7.15. The number of nitrogens with zero attached hydrogens (tertiary/aromatic N) is 2. The fourth-order valence-corrected chi connectivity index (χ4v) is 3.35. The Hall–Kier alpha value is -0.870. The Balaban J connectivity index is 1.76. The number of rotatable bonds is 2. The van der Waals surface area contributed by atoms with Crippen molar-refractivity contribution in [2.45, 2.75) is 38.1 Å². The average molecular weight is 235 g/mol. The van der Waals surface area contributed by atoms with Gasteiger partial charge in [0.2, 0.25) is 0 Å². The highest BCUT2D eigenvalue weighted by Crippen LogP contribution is 2.26. The van der Waals surface area contributed by atoms with Crippen LogP contribution in [0.5, 0.6) is 0 Å². The van der Waals surface area contributed by atoms with Gasteiger partial charge in [-0.25, -0.2) is 4.98 Å². The zero-order valence-corrected chi connectivity index (χ0v) is 10.1. The van der Waals surface area contributed by atoms with Crippen LogP contribution in [0.3, 0.4) is 0 Å². The van der Waals surface area contributed by atoms with E-state index in [0.29, 0.717) is 12.0 Å². The van der Waals surface area contributed by atoms with Crippen LogP contribution in [0.15, 0.2) is 17.8 Å². The summed E-state index contributed by atoms with van der Waals surface area (Å²) in [5.74, 6) is 0.637. The number of aromatic nitrogens is 2. The summed E-state index contributed by atoms with van der Waals surface area (Å²) in [5.41, 5.74) is 7.37. The lowest BCUT2D eigenvalue weighted by atomic mass is 9.82. The van der Waals surface area contributed by atoms with E-state index in [-0.39, 0.29) is 0 Å². The van der Waals surface area contributed by atoms with E-state index in [4.69, 9.17) is 5.73 Å². The number of hydrogen-bond donors (Lipinski definition) is 1. The molecule has 16 heavy (non-hydrogen) atoms. The van der Waals surface area contributed by atoms with Gasteiger partial charge in [0.25, 0.3) is 0 Å². The summed E-state index contributed by atoms with van der Waals surface area (Å²) in [6.07, 6.45) is 10.4. The largest absolute Gasteiger partial charge is 0.327 e. The molecule has 0 spiro atoms. The van der Waals surface area contributed by atoms with Gasteiger partial charge in [0.05, 0.1) is 5.69 Å².